The molecule has 22 heavy (non-hydrogen) atoms. The molecule has 1 amide bonds. The van der Waals surface area contributed by atoms with Crippen molar-refractivity contribution in [3.05, 3.63) is 29.8 Å². The molecule has 5 nitrogen and oxygen atoms in total. The molecule has 8 heteroatoms. The molecule has 0 spiro atoms. The number of thioether (sulfide) groups is 2. The van der Waals surface area contributed by atoms with Gasteiger partial charge in [-0.05, 0) is 18.1 Å². The largest absolute Gasteiger partial charge is 0.352 e. The number of benzene rings is 1. The highest BCUT2D eigenvalue weighted by atomic mass is 32.2. The molecule has 2 aliphatic rings. The van der Waals surface area contributed by atoms with Gasteiger partial charge in [-0.2, -0.15) is 0 Å². The summed E-state index contributed by atoms with van der Waals surface area (Å²) in [6, 6.07) is 7.74. The Bertz CT molecular complexity index is 716. The summed E-state index contributed by atoms with van der Waals surface area (Å²) in [4.78, 5) is 16.4. The zero-order valence-electron chi connectivity index (χ0n) is 11.8. The van der Waals surface area contributed by atoms with Crippen molar-refractivity contribution in [1.29, 1.82) is 0 Å². The standard InChI is InChI=1S/C14H16N2O3S3/c17-13(15-11-5-6-22(18,19)9-11)8-21-14-16-12-4-2-1-3-10(12)7-20-14/h1-4,11H,5-9H2,(H,15,17)/t11-/m1/s1. The number of nitrogens with one attached hydrogen (secondary N) is 1. The van der Waals surface area contributed by atoms with Crippen LogP contribution in [0.3, 0.4) is 0 Å². The lowest BCUT2D eigenvalue weighted by Gasteiger charge is -2.15. The van der Waals surface area contributed by atoms with Crippen LogP contribution in [-0.4, -0.2) is 42.0 Å². The molecule has 0 aromatic heterocycles. The van der Waals surface area contributed by atoms with Crippen LogP contribution in [0.2, 0.25) is 0 Å². The number of carbonyl (C=O) groups is 1. The van der Waals surface area contributed by atoms with Crippen LogP contribution in [0.4, 0.5) is 5.69 Å². The van der Waals surface area contributed by atoms with Gasteiger partial charge in [0.1, 0.15) is 4.38 Å². The van der Waals surface area contributed by atoms with Crippen molar-refractivity contribution >= 4 is 49.3 Å². The number of rotatable bonds is 3. The van der Waals surface area contributed by atoms with Crippen LogP contribution in [0.25, 0.3) is 0 Å². The lowest BCUT2D eigenvalue weighted by atomic mass is 10.2. The molecule has 0 unspecified atom stereocenters. The first-order valence-corrected chi connectivity index (χ1v) is 10.7. The second-order valence-corrected chi connectivity index (χ2v) is 9.67. The predicted molar refractivity (Wildman–Crippen MR) is 92.5 cm³/mol. The lowest BCUT2D eigenvalue weighted by Crippen LogP contribution is -2.36. The average Bonchev–Trinajstić information content (AvgIpc) is 2.84. The summed E-state index contributed by atoms with van der Waals surface area (Å²) in [5.74, 6) is 1.24. The number of aliphatic imine (C=N–C) groups is 1. The number of sulfone groups is 1. The lowest BCUT2D eigenvalue weighted by molar-refractivity contribution is -0.119. The Morgan fingerprint density at radius 2 is 2.23 bits per heavy atom. The summed E-state index contributed by atoms with van der Waals surface area (Å²) >= 11 is 3.03. The van der Waals surface area contributed by atoms with Crippen molar-refractivity contribution < 1.29 is 13.2 Å². The molecule has 0 bridgehead atoms. The minimum atomic E-state index is -2.96. The molecule has 1 atom stereocenters. The van der Waals surface area contributed by atoms with Gasteiger partial charge in [-0.25, -0.2) is 13.4 Å². The second-order valence-electron chi connectivity index (χ2n) is 5.25. The van der Waals surface area contributed by atoms with Crippen LogP contribution in [0.1, 0.15) is 12.0 Å². The maximum Gasteiger partial charge on any atom is 0.230 e. The third-order valence-electron chi connectivity index (χ3n) is 3.48. The fourth-order valence-corrected chi connectivity index (χ4v) is 5.94. The zero-order valence-corrected chi connectivity index (χ0v) is 14.3. The Morgan fingerprint density at radius 1 is 1.41 bits per heavy atom. The van der Waals surface area contributed by atoms with Crippen LogP contribution >= 0.6 is 23.5 Å². The van der Waals surface area contributed by atoms with Gasteiger partial charge >= 0.3 is 0 Å². The first-order chi connectivity index (χ1) is 10.5. The number of nitrogens with zero attached hydrogens (tertiary/aromatic N) is 1. The topological polar surface area (TPSA) is 75.6 Å². The van der Waals surface area contributed by atoms with Gasteiger partial charge in [0.25, 0.3) is 0 Å². The first-order valence-electron chi connectivity index (χ1n) is 6.94. The first kappa shape index (κ1) is 15.9. The Labute approximate surface area is 138 Å². The fourth-order valence-electron chi connectivity index (χ4n) is 2.39. The van der Waals surface area contributed by atoms with E-state index < -0.39 is 9.84 Å². The number of carbonyl (C=O) groups excluding carboxylic acids is 1. The highest BCUT2D eigenvalue weighted by Crippen LogP contribution is 2.34. The van der Waals surface area contributed by atoms with E-state index in [4.69, 9.17) is 0 Å². The zero-order chi connectivity index (χ0) is 15.6. The predicted octanol–water partition coefficient (Wildman–Crippen LogP) is 1.96. The number of hydrogen-bond acceptors (Lipinski definition) is 6. The van der Waals surface area contributed by atoms with E-state index in [1.165, 1.54) is 17.3 Å². The Balaban J connectivity index is 1.51. The van der Waals surface area contributed by atoms with Gasteiger partial charge in [-0.3, -0.25) is 4.79 Å². The van der Waals surface area contributed by atoms with E-state index >= 15 is 0 Å². The smallest absolute Gasteiger partial charge is 0.230 e. The molecule has 0 radical (unpaired) electrons. The summed E-state index contributed by atoms with van der Waals surface area (Å²) in [6.07, 6.45) is 0.516. The third-order valence-corrected chi connectivity index (χ3v) is 7.49. The van der Waals surface area contributed by atoms with Crippen LogP contribution in [0.5, 0.6) is 0 Å². The SMILES string of the molecule is O=C(CSC1=Nc2ccccc2CS1)N[C@@H]1CCS(=O)(=O)C1. The number of fused-ring (bicyclic) bond motifs is 1. The van der Waals surface area contributed by atoms with Crippen LogP contribution < -0.4 is 5.32 Å². The van der Waals surface area contributed by atoms with Crippen LogP contribution in [-0.2, 0) is 20.4 Å². The number of hydrogen-bond donors (Lipinski definition) is 1. The fraction of sp³-hybridized carbons (Fsp3) is 0.429. The second kappa shape index (κ2) is 6.64. The van der Waals surface area contributed by atoms with Gasteiger partial charge in [-0.15, -0.1) is 0 Å². The molecule has 1 N–H and O–H groups in total. The van der Waals surface area contributed by atoms with Crippen LogP contribution in [0.15, 0.2) is 29.3 Å². The summed E-state index contributed by atoms with van der Waals surface area (Å²) in [5, 5.41) is 2.79. The Hall–Kier alpha value is -0.990. The Kier molecular flexibility index (Phi) is 4.79. The summed E-state index contributed by atoms with van der Waals surface area (Å²) in [5.41, 5.74) is 2.17. The molecule has 1 fully saturated rings. The quantitative estimate of drug-likeness (QED) is 0.896. The molecule has 1 aromatic rings. The van der Waals surface area contributed by atoms with Crippen molar-refractivity contribution in [3.63, 3.8) is 0 Å². The van der Waals surface area contributed by atoms with Crippen molar-refractivity contribution in [2.24, 2.45) is 4.99 Å². The monoisotopic (exact) mass is 356 g/mol. The van der Waals surface area contributed by atoms with E-state index in [1.54, 1.807) is 11.8 Å². The molecule has 2 heterocycles. The third kappa shape index (κ3) is 4.05. The van der Waals surface area contributed by atoms with Crippen molar-refractivity contribution in [3.8, 4) is 0 Å². The molecule has 0 saturated carbocycles. The summed E-state index contributed by atoms with van der Waals surface area (Å²) < 4.78 is 23.6. The maximum atomic E-state index is 11.9. The van der Waals surface area contributed by atoms with Gasteiger partial charge in [-0.1, -0.05) is 41.7 Å². The molecular weight excluding hydrogens is 340 g/mol. The molecule has 1 saturated heterocycles. The van der Waals surface area contributed by atoms with Gasteiger partial charge in [0.2, 0.25) is 5.91 Å². The van der Waals surface area contributed by atoms with Gasteiger partial charge in [0, 0.05) is 11.8 Å². The minimum absolute atomic E-state index is 0.0620. The number of para-hydroxylation sites is 1. The summed E-state index contributed by atoms with van der Waals surface area (Å²) in [6.45, 7) is 0. The maximum absolute atomic E-state index is 11.9. The normalized spacial score (nSPS) is 22.7. The van der Waals surface area contributed by atoms with Crippen LogP contribution in [0, 0.1) is 0 Å². The van der Waals surface area contributed by atoms with Gasteiger partial charge in [0.05, 0.1) is 22.9 Å². The van der Waals surface area contributed by atoms with E-state index in [9.17, 15) is 13.2 Å². The number of amides is 1. The molecular formula is C14H16N2O3S3. The minimum Gasteiger partial charge on any atom is -0.352 e. The summed E-state index contributed by atoms with van der Waals surface area (Å²) in [7, 11) is -2.96. The van der Waals surface area contributed by atoms with Gasteiger partial charge in [0.15, 0.2) is 9.84 Å². The molecule has 2 aliphatic heterocycles. The average molecular weight is 356 g/mol. The van der Waals surface area contributed by atoms with E-state index in [1.807, 2.05) is 18.2 Å². The molecule has 0 aliphatic carbocycles. The molecule has 1 aromatic carbocycles. The highest BCUT2D eigenvalue weighted by Gasteiger charge is 2.28. The van der Waals surface area contributed by atoms with E-state index in [2.05, 4.69) is 16.4 Å². The van der Waals surface area contributed by atoms with Crippen molar-refractivity contribution in [2.45, 2.75) is 18.2 Å². The Morgan fingerprint density at radius 3 is 3.00 bits per heavy atom. The van der Waals surface area contributed by atoms with E-state index in [0.717, 1.165) is 15.8 Å². The molecule has 118 valence electrons. The van der Waals surface area contributed by atoms with Crippen molar-refractivity contribution in [2.75, 3.05) is 17.3 Å². The van der Waals surface area contributed by atoms with E-state index in [-0.39, 0.29) is 29.2 Å². The van der Waals surface area contributed by atoms with Gasteiger partial charge < -0.3 is 5.32 Å². The van der Waals surface area contributed by atoms with E-state index in [0.29, 0.717) is 6.42 Å². The highest BCUT2D eigenvalue weighted by molar-refractivity contribution is 8.38. The molecule has 3 rings (SSSR count). The van der Waals surface area contributed by atoms with Crippen molar-refractivity contribution in [1.82, 2.24) is 5.32 Å².